The number of carboxylic acid groups (broad SMARTS) is 1. The van der Waals surface area contributed by atoms with Crippen LogP contribution >= 0.6 is 0 Å². The van der Waals surface area contributed by atoms with E-state index in [1.165, 1.54) is 0 Å². The summed E-state index contributed by atoms with van der Waals surface area (Å²) in [5.74, 6) is 0.636. The molecule has 3 heterocycles. The molecule has 20 heavy (non-hydrogen) atoms. The van der Waals surface area contributed by atoms with Crippen molar-refractivity contribution in [3.8, 4) is 11.7 Å². The van der Waals surface area contributed by atoms with E-state index in [0.29, 0.717) is 24.0 Å². The zero-order valence-electron chi connectivity index (χ0n) is 11.0. The number of nitrogens with zero attached hydrogens (tertiary/aromatic N) is 3. The molecule has 1 unspecified atom stereocenters. The van der Waals surface area contributed by atoms with Gasteiger partial charge in [0, 0.05) is 13.1 Å². The van der Waals surface area contributed by atoms with Gasteiger partial charge in [0.1, 0.15) is 0 Å². The van der Waals surface area contributed by atoms with E-state index in [2.05, 4.69) is 15.0 Å². The van der Waals surface area contributed by atoms with Crippen LogP contribution in [0.5, 0.6) is 0 Å². The van der Waals surface area contributed by atoms with E-state index in [1.54, 1.807) is 25.3 Å². The van der Waals surface area contributed by atoms with Gasteiger partial charge in [-0.1, -0.05) is 12.1 Å². The number of aromatic nitrogens is 2. The molecule has 1 atom stereocenters. The van der Waals surface area contributed by atoms with Crippen LogP contribution in [0.15, 0.2) is 27.3 Å². The molecule has 106 valence electrons. The molecule has 1 N–H and O–H groups in total. The highest BCUT2D eigenvalue weighted by atomic mass is 16.5. The largest absolute Gasteiger partial charge is 0.481 e. The summed E-state index contributed by atoms with van der Waals surface area (Å²) in [7, 11) is 0. The Labute approximate surface area is 115 Å². The standard InChI is InChI=1S/C13H15N3O4/c1-8(13(17)18)9-5-16(6-9)7-11-14-12(20-15-11)10-3-2-4-19-10/h2-4,8-9H,5-7H2,1H3,(H,17,18). The molecule has 0 saturated carbocycles. The van der Waals surface area contributed by atoms with Gasteiger partial charge in [-0.25, -0.2) is 0 Å². The van der Waals surface area contributed by atoms with Crippen LogP contribution < -0.4 is 0 Å². The summed E-state index contributed by atoms with van der Waals surface area (Å²) in [4.78, 5) is 17.2. The molecular formula is C13H15N3O4. The molecule has 0 radical (unpaired) electrons. The lowest BCUT2D eigenvalue weighted by molar-refractivity contribution is -0.145. The molecular weight excluding hydrogens is 262 g/mol. The quantitative estimate of drug-likeness (QED) is 0.884. The molecule has 3 rings (SSSR count). The third kappa shape index (κ3) is 2.44. The smallest absolute Gasteiger partial charge is 0.306 e. The van der Waals surface area contributed by atoms with Gasteiger partial charge in [-0.05, 0) is 18.1 Å². The minimum absolute atomic E-state index is 0.198. The fraction of sp³-hybridized carbons (Fsp3) is 0.462. The Morgan fingerprint density at radius 2 is 2.40 bits per heavy atom. The summed E-state index contributed by atoms with van der Waals surface area (Å²) in [6.07, 6.45) is 1.55. The van der Waals surface area contributed by atoms with Crippen molar-refractivity contribution in [2.75, 3.05) is 13.1 Å². The predicted octanol–water partition coefficient (Wildman–Crippen LogP) is 1.48. The summed E-state index contributed by atoms with van der Waals surface area (Å²) in [6.45, 7) is 3.80. The maximum atomic E-state index is 10.9. The first-order valence-corrected chi connectivity index (χ1v) is 6.45. The molecule has 0 aliphatic carbocycles. The van der Waals surface area contributed by atoms with Crippen LogP contribution in [-0.4, -0.2) is 39.2 Å². The molecule has 7 heteroatoms. The number of hydrogen-bond acceptors (Lipinski definition) is 6. The zero-order valence-corrected chi connectivity index (χ0v) is 11.0. The minimum atomic E-state index is -0.741. The van der Waals surface area contributed by atoms with Gasteiger partial charge in [-0.3, -0.25) is 9.69 Å². The SMILES string of the molecule is CC(C(=O)O)C1CN(Cc2noc(-c3ccco3)n2)C1. The molecule has 2 aromatic heterocycles. The number of likely N-dealkylation sites (tertiary alicyclic amines) is 1. The van der Waals surface area contributed by atoms with Crippen LogP contribution in [0.2, 0.25) is 0 Å². The Morgan fingerprint density at radius 1 is 1.60 bits per heavy atom. The van der Waals surface area contributed by atoms with Crippen molar-refractivity contribution < 1.29 is 18.8 Å². The van der Waals surface area contributed by atoms with Crippen molar-refractivity contribution in [2.24, 2.45) is 11.8 Å². The fourth-order valence-electron chi connectivity index (χ4n) is 2.28. The van der Waals surface area contributed by atoms with Crippen molar-refractivity contribution in [2.45, 2.75) is 13.5 Å². The van der Waals surface area contributed by atoms with Crippen molar-refractivity contribution in [1.82, 2.24) is 15.0 Å². The summed E-state index contributed by atoms with van der Waals surface area (Å²) >= 11 is 0. The third-order valence-electron chi connectivity index (χ3n) is 3.65. The number of carbonyl (C=O) groups is 1. The topological polar surface area (TPSA) is 92.6 Å². The molecule has 1 aliphatic rings. The number of carboxylic acids is 1. The van der Waals surface area contributed by atoms with Crippen LogP contribution in [0.3, 0.4) is 0 Å². The lowest BCUT2D eigenvalue weighted by atomic mass is 9.87. The van der Waals surface area contributed by atoms with Crippen molar-refractivity contribution in [3.63, 3.8) is 0 Å². The maximum absolute atomic E-state index is 10.9. The maximum Gasteiger partial charge on any atom is 0.306 e. The van der Waals surface area contributed by atoms with Crippen LogP contribution in [0.4, 0.5) is 0 Å². The second-order valence-corrected chi connectivity index (χ2v) is 5.07. The Hall–Kier alpha value is -2.15. The minimum Gasteiger partial charge on any atom is -0.481 e. The average Bonchev–Trinajstić information content (AvgIpc) is 3.02. The van der Waals surface area contributed by atoms with Gasteiger partial charge in [-0.2, -0.15) is 4.98 Å². The number of aliphatic carboxylic acids is 1. The second-order valence-electron chi connectivity index (χ2n) is 5.07. The Balaban J connectivity index is 1.55. The monoisotopic (exact) mass is 277 g/mol. The van der Waals surface area contributed by atoms with Gasteiger partial charge >= 0.3 is 5.97 Å². The van der Waals surface area contributed by atoms with Gasteiger partial charge in [0.15, 0.2) is 11.6 Å². The Morgan fingerprint density at radius 3 is 3.05 bits per heavy atom. The molecule has 0 spiro atoms. The second kappa shape index (κ2) is 5.09. The van der Waals surface area contributed by atoms with E-state index < -0.39 is 5.97 Å². The number of furan rings is 1. The van der Waals surface area contributed by atoms with Crippen LogP contribution in [0.25, 0.3) is 11.7 Å². The number of rotatable bonds is 5. The van der Waals surface area contributed by atoms with E-state index in [0.717, 1.165) is 13.1 Å². The molecule has 0 aromatic carbocycles. The highest BCUT2D eigenvalue weighted by Gasteiger charge is 2.35. The van der Waals surface area contributed by atoms with E-state index in [1.807, 2.05) is 0 Å². The normalized spacial score (nSPS) is 17.9. The number of hydrogen-bond donors (Lipinski definition) is 1. The van der Waals surface area contributed by atoms with Gasteiger partial charge in [-0.15, -0.1) is 0 Å². The van der Waals surface area contributed by atoms with Crippen LogP contribution in [-0.2, 0) is 11.3 Å². The van der Waals surface area contributed by atoms with Gasteiger partial charge in [0.05, 0.1) is 18.7 Å². The molecule has 7 nitrogen and oxygen atoms in total. The van der Waals surface area contributed by atoms with E-state index >= 15 is 0 Å². The molecule has 0 bridgehead atoms. The lowest BCUT2D eigenvalue weighted by Gasteiger charge is -2.40. The Bertz CT molecular complexity index is 587. The molecule has 1 saturated heterocycles. The van der Waals surface area contributed by atoms with Crippen LogP contribution in [0, 0.1) is 11.8 Å². The summed E-state index contributed by atoms with van der Waals surface area (Å²) in [5, 5.41) is 12.8. The highest BCUT2D eigenvalue weighted by Crippen LogP contribution is 2.25. The van der Waals surface area contributed by atoms with Crippen molar-refractivity contribution in [1.29, 1.82) is 0 Å². The summed E-state index contributed by atoms with van der Waals surface area (Å²) < 4.78 is 10.3. The van der Waals surface area contributed by atoms with Gasteiger partial charge in [0.2, 0.25) is 0 Å². The third-order valence-corrected chi connectivity index (χ3v) is 3.65. The zero-order chi connectivity index (χ0) is 14.1. The molecule has 0 amide bonds. The highest BCUT2D eigenvalue weighted by molar-refractivity contribution is 5.70. The van der Waals surface area contributed by atoms with E-state index in [-0.39, 0.29) is 11.8 Å². The van der Waals surface area contributed by atoms with Crippen LogP contribution in [0.1, 0.15) is 12.7 Å². The van der Waals surface area contributed by atoms with Crippen molar-refractivity contribution >= 4 is 5.97 Å². The van der Waals surface area contributed by atoms with Gasteiger partial charge < -0.3 is 14.0 Å². The lowest BCUT2D eigenvalue weighted by Crippen LogP contribution is -2.50. The molecule has 1 fully saturated rings. The molecule has 1 aliphatic heterocycles. The fourth-order valence-corrected chi connectivity index (χ4v) is 2.28. The van der Waals surface area contributed by atoms with Gasteiger partial charge in [0.25, 0.3) is 5.89 Å². The average molecular weight is 277 g/mol. The van der Waals surface area contributed by atoms with Crippen molar-refractivity contribution in [3.05, 3.63) is 24.2 Å². The summed E-state index contributed by atoms with van der Waals surface area (Å²) in [6, 6.07) is 3.51. The Kier molecular flexibility index (Phi) is 3.27. The van der Waals surface area contributed by atoms with E-state index in [4.69, 9.17) is 14.0 Å². The first-order valence-electron chi connectivity index (χ1n) is 6.45. The first kappa shape index (κ1) is 12.9. The first-order chi connectivity index (χ1) is 9.63. The summed E-state index contributed by atoms with van der Waals surface area (Å²) in [5.41, 5.74) is 0. The molecule has 2 aromatic rings. The predicted molar refractivity (Wildman–Crippen MR) is 67.6 cm³/mol. The van der Waals surface area contributed by atoms with E-state index in [9.17, 15) is 4.79 Å².